The highest BCUT2D eigenvalue weighted by Gasteiger charge is 2.27. The summed E-state index contributed by atoms with van der Waals surface area (Å²) in [5.74, 6) is 2.26. The van der Waals surface area contributed by atoms with Gasteiger partial charge in [0.1, 0.15) is 0 Å². The van der Waals surface area contributed by atoms with Crippen LogP contribution in [0.25, 0.3) is 11.4 Å². The fourth-order valence-electron chi connectivity index (χ4n) is 4.40. The minimum atomic E-state index is -0.0724. The van der Waals surface area contributed by atoms with Crippen LogP contribution in [0.4, 0.5) is 5.69 Å². The zero-order valence-electron chi connectivity index (χ0n) is 20.8. The number of aromatic nitrogens is 2. The summed E-state index contributed by atoms with van der Waals surface area (Å²) < 4.78 is 16.2. The van der Waals surface area contributed by atoms with Gasteiger partial charge in [0.05, 0.1) is 26.7 Å². The number of anilines is 1. The van der Waals surface area contributed by atoms with E-state index in [-0.39, 0.29) is 11.8 Å². The standard InChI is InChI=1S/C27H34N4O4/c1-4-5-7-19-9-12-22(13-10-19)28-27(32)21-8-6-15-31(17-21)18-25-29-26(30-35-25)20-11-14-23(33-2)24(16-20)34-3/h9-14,16,21H,4-8,15,17-18H2,1-3H3,(H,28,32). The Morgan fingerprint density at radius 2 is 1.94 bits per heavy atom. The lowest BCUT2D eigenvalue weighted by Crippen LogP contribution is -2.40. The van der Waals surface area contributed by atoms with Gasteiger partial charge in [0.15, 0.2) is 11.5 Å². The average Bonchev–Trinajstić information content (AvgIpc) is 3.36. The Kier molecular flexibility index (Phi) is 8.36. The lowest BCUT2D eigenvalue weighted by atomic mass is 9.97. The number of carbonyl (C=O) groups is 1. The molecule has 1 unspecified atom stereocenters. The zero-order chi connectivity index (χ0) is 24.6. The molecule has 1 aliphatic rings. The molecule has 0 saturated carbocycles. The number of piperidine rings is 1. The first-order chi connectivity index (χ1) is 17.1. The predicted octanol–water partition coefficient (Wildman–Crippen LogP) is 4.95. The minimum absolute atomic E-state index is 0.0626. The molecule has 1 aromatic heterocycles. The van der Waals surface area contributed by atoms with Gasteiger partial charge in [-0.05, 0) is 68.1 Å². The second kappa shape index (κ2) is 11.8. The lowest BCUT2D eigenvalue weighted by molar-refractivity contribution is -0.121. The summed E-state index contributed by atoms with van der Waals surface area (Å²) in [7, 11) is 3.19. The molecule has 1 fully saturated rings. The molecule has 1 N–H and O–H groups in total. The number of methoxy groups -OCH3 is 2. The average molecular weight is 479 g/mol. The van der Waals surface area contributed by atoms with Crippen molar-refractivity contribution in [3.63, 3.8) is 0 Å². The number of amides is 1. The van der Waals surface area contributed by atoms with Crippen molar-refractivity contribution in [2.75, 3.05) is 32.6 Å². The second-order valence-corrected chi connectivity index (χ2v) is 8.95. The van der Waals surface area contributed by atoms with Gasteiger partial charge in [-0.1, -0.05) is 30.6 Å². The summed E-state index contributed by atoms with van der Waals surface area (Å²) in [5, 5.41) is 7.22. The maximum atomic E-state index is 12.9. The number of carbonyl (C=O) groups excluding carboxylic acids is 1. The van der Waals surface area contributed by atoms with E-state index in [4.69, 9.17) is 14.0 Å². The number of aryl methyl sites for hydroxylation is 1. The van der Waals surface area contributed by atoms with Crippen LogP contribution in [0, 0.1) is 5.92 Å². The summed E-state index contributed by atoms with van der Waals surface area (Å²) in [5.41, 5.74) is 2.94. The van der Waals surface area contributed by atoms with Crippen LogP contribution in [0.3, 0.4) is 0 Å². The Labute approximate surface area is 206 Å². The quantitative estimate of drug-likeness (QED) is 0.441. The predicted molar refractivity (Wildman–Crippen MR) is 135 cm³/mol. The molecule has 1 amide bonds. The fraction of sp³-hybridized carbons (Fsp3) is 0.444. The van der Waals surface area contributed by atoms with Crippen molar-refractivity contribution in [3.05, 3.63) is 53.9 Å². The topological polar surface area (TPSA) is 89.7 Å². The Hall–Kier alpha value is -3.39. The lowest BCUT2D eigenvalue weighted by Gasteiger charge is -2.30. The Morgan fingerprint density at radius 1 is 1.14 bits per heavy atom. The molecule has 1 aliphatic heterocycles. The van der Waals surface area contributed by atoms with E-state index in [1.165, 1.54) is 18.4 Å². The third-order valence-corrected chi connectivity index (χ3v) is 6.39. The van der Waals surface area contributed by atoms with E-state index in [2.05, 4.69) is 39.4 Å². The monoisotopic (exact) mass is 478 g/mol. The summed E-state index contributed by atoms with van der Waals surface area (Å²) in [6.07, 6.45) is 5.26. The molecule has 0 aliphatic carbocycles. The van der Waals surface area contributed by atoms with Gasteiger partial charge in [-0.2, -0.15) is 4.98 Å². The smallest absolute Gasteiger partial charge is 0.241 e. The zero-order valence-corrected chi connectivity index (χ0v) is 20.8. The van der Waals surface area contributed by atoms with Gasteiger partial charge < -0.3 is 19.3 Å². The highest BCUT2D eigenvalue weighted by molar-refractivity contribution is 5.92. The number of likely N-dealkylation sites (tertiary alicyclic amines) is 1. The maximum Gasteiger partial charge on any atom is 0.241 e. The first kappa shape index (κ1) is 24.7. The van der Waals surface area contributed by atoms with Gasteiger partial charge in [0, 0.05) is 17.8 Å². The van der Waals surface area contributed by atoms with Crippen LogP contribution < -0.4 is 14.8 Å². The Bertz CT molecular complexity index is 1110. The van der Waals surface area contributed by atoms with E-state index < -0.39 is 0 Å². The van der Waals surface area contributed by atoms with Crippen molar-refractivity contribution in [1.82, 2.24) is 15.0 Å². The van der Waals surface area contributed by atoms with Gasteiger partial charge in [0.2, 0.25) is 17.6 Å². The van der Waals surface area contributed by atoms with Crippen molar-refractivity contribution in [2.45, 2.75) is 45.6 Å². The SMILES string of the molecule is CCCCc1ccc(NC(=O)C2CCCN(Cc3nc(-c4ccc(OC)c(OC)c4)no3)C2)cc1. The second-order valence-electron chi connectivity index (χ2n) is 8.95. The molecular formula is C27H34N4O4. The summed E-state index contributed by atoms with van der Waals surface area (Å²) in [6.45, 7) is 4.26. The van der Waals surface area contributed by atoms with Gasteiger partial charge in [-0.3, -0.25) is 9.69 Å². The molecule has 8 nitrogen and oxygen atoms in total. The third-order valence-electron chi connectivity index (χ3n) is 6.39. The number of unbranched alkanes of at least 4 members (excludes halogenated alkanes) is 1. The van der Waals surface area contributed by atoms with E-state index >= 15 is 0 Å². The van der Waals surface area contributed by atoms with Crippen LogP contribution in [-0.2, 0) is 17.8 Å². The number of ether oxygens (including phenoxy) is 2. The minimum Gasteiger partial charge on any atom is -0.493 e. The third kappa shape index (κ3) is 6.39. The van der Waals surface area contributed by atoms with Gasteiger partial charge >= 0.3 is 0 Å². The molecule has 3 aromatic rings. The fourth-order valence-corrected chi connectivity index (χ4v) is 4.40. The number of rotatable bonds is 10. The summed E-state index contributed by atoms with van der Waals surface area (Å²) >= 11 is 0. The van der Waals surface area contributed by atoms with Crippen LogP contribution in [0.1, 0.15) is 44.1 Å². The number of nitrogens with zero attached hydrogens (tertiary/aromatic N) is 3. The number of nitrogens with one attached hydrogen (secondary N) is 1. The van der Waals surface area contributed by atoms with E-state index in [0.717, 1.165) is 37.1 Å². The van der Waals surface area contributed by atoms with Crippen LogP contribution >= 0.6 is 0 Å². The van der Waals surface area contributed by atoms with Crippen LogP contribution in [-0.4, -0.2) is 48.3 Å². The number of benzene rings is 2. The molecule has 2 aromatic carbocycles. The molecule has 0 bridgehead atoms. The summed E-state index contributed by atoms with van der Waals surface area (Å²) in [4.78, 5) is 19.7. The van der Waals surface area contributed by atoms with Crippen LogP contribution in [0.15, 0.2) is 47.0 Å². The highest BCUT2D eigenvalue weighted by atomic mass is 16.5. The molecule has 1 saturated heterocycles. The molecule has 4 rings (SSSR count). The first-order valence-electron chi connectivity index (χ1n) is 12.3. The van der Waals surface area contributed by atoms with E-state index in [0.29, 0.717) is 36.3 Å². The largest absolute Gasteiger partial charge is 0.493 e. The molecule has 186 valence electrons. The first-order valence-corrected chi connectivity index (χ1v) is 12.3. The molecule has 2 heterocycles. The van der Waals surface area contributed by atoms with Crippen LogP contribution in [0.2, 0.25) is 0 Å². The van der Waals surface area contributed by atoms with Crippen molar-refractivity contribution >= 4 is 11.6 Å². The Morgan fingerprint density at radius 3 is 2.69 bits per heavy atom. The van der Waals surface area contributed by atoms with E-state index in [9.17, 15) is 4.79 Å². The van der Waals surface area contributed by atoms with Crippen molar-refractivity contribution < 1.29 is 18.8 Å². The van der Waals surface area contributed by atoms with E-state index in [1.807, 2.05) is 30.3 Å². The van der Waals surface area contributed by atoms with Gasteiger partial charge in [0.25, 0.3) is 0 Å². The normalized spacial score (nSPS) is 16.1. The highest BCUT2D eigenvalue weighted by Crippen LogP contribution is 2.31. The van der Waals surface area contributed by atoms with Crippen molar-refractivity contribution in [1.29, 1.82) is 0 Å². The Balaban J connectivity index is 1.33. The van der Waals surface area contributed by atoms with Gasteiger partial charge in [-0.15, -0.1) is 0 Å². The molecule has 0 radical (unpaired) electrons. The molecule has 35 heavy (non-hydrogen) atoms. The maximum absolute atomic E-state index is 12.9. The number of hydrogen-bond donors (Lipinski definition) is 1. The van der Waals surface area contributed by atoms with Crippen LogP contribution in [0.5, 0.6) is 11.5 Å². The van der Waals surface area contributed by atoms with E-state index in [1.54, 1.807) is 14.2 Å². The van der Waals surface area contributed by atoms with Crippen molar-refractivity contribution in [2.24, 2.45) is 5.92 Å². The van der Waals surface area contributed by atoms with Gasteiger partial charge in [-0.25, -0.2) is 0 Å². The summed E-state index contributed by atoms with van der Waals surface area (Å²) in [6, 6.07) is 13.7. The number of hydrogen-bond acceptors (Lipinski definition) is 7. The molecule has 1 atom stereocenters. The molecule has 8 heteroatoms. The van der Waals surface area contributed by atoms with Crippen molar-refractivity contribution in [3.8, 4) is 22.9 Å². The molecule has 0 spiro atoms. The molecular weight excluding hydrogens is 444 g/mol.